The van der Waals surface area contributed by atoms with Gasteiger partial charge in [-0.05, 0) is 80.4 Å². The second-order valence-electron chi connectivity index (χ2n) is 8.85. The summed E-state index contributed by atoms with van der Waals surface area (Å²) in [6.45, 7) is 1.63. The first-order valence-corrected chi connectivity index (χ1v) is 12.9. The Kier molecular flexibility index (Phi) is 7.63. The molecule has 0 radical (unpaired) electrons. The van der Waals surface area contributed by atoms with Gasteiger partial charge in [0.25, 0.3) is 10.0 Å². The molecule has 0 bridgehead atoms. The Bertz CT molecular complexity index is 1360. The number of ether oxygens (including phenoxy) is 1. The molecule has 1 fully saturated rings. The summed E-state index contributed by atoms with van der Waals surface area (Å²) in [4.78, 5) is 14.6. The summed E-state index contributed by atoms with van der Waals surface area (Å²) in [5, 5.41) is 0. The van der Waals surface area contributed by atoms with E-state index < -0.39 is 15.8 Å². The number of carbonyl (C=O) groups is 1. The highest BCUT2D eigenvalue weighted by Crippen LogP contribution is 2.43. The molecule has 0 unspecified atom stereocenters. The van der Waals surface area contributed by atoms with E-state index in [0.29, 0.717) is 31.5 Å². The number of hydrogen-bond donors (Lipinski definition) is 0. The van der Waals surface area contributed by atoms with Gasteiger partial charge < -0.3 is 4.74 Å². The summed E-state index contributed by atoms with van der Waals surface area (Å²) in [7, 11) is -3.98. The molecule has 0 aromatic heterocycles. The van der Waals surface area contributed by atoms with E-state index in [0.717, 1.165) is 0 Å². The number of ketones is 1. The van der Waals surface area contributed by atoms with Crippen LogP contribution in [0.5, 0.6) is 11.5 Å². The second kappa shape index (κ2) is 10.5. The van der Waals surface area contributed by atoms with Gasteiger partial charge in [-0.15, -0.1) is 12.4 Å². The highest BCUT2D eigenvalue weighted by atomic mass is 35.5. The highest BCUT2D eigenvalue weighted by molar-refractivity contribution is 7.93. The number of benzene rings is 3. The maximum Gasteiger partial charge on any atom is 0.268 e. The summed E-state index contributed by atoms with van der Waals surface area (Å²) < 4.78 is 61.6. The Balaban J connectivity index is 0.00000304. The number of anilines is 1. The summed E-state index contributed by atoms with van der Waals surface area (Å²) in [5.41, 5.74) is 0.636. The average Bonchev–Trinajstić information content (AvgIpc) is 2.93. The molecule has 2 heterocycles. The van der Waals surface area contributed by atoms with Gasteiger partial charge in [0.2, 0.25) is 0 Å². The minimum absolute atomic E-state index is 0. The van der Waals surface area contributed by atoms with E-state index in [-0.39, 0.29) is 65.1 Å². The molecule has 10 heteroatoms. The van der Waals surface area contributed by atoms with E-state index in [2.05, 4.69) is 0 Å². The topological polar surface area (TPSA) is 66.9 Å². The number of likely N-dealkylation sites (tertiary alicyclic amines) is 1. The van der Waals surface area contributed by atoms with Crippen LogP contribution in [0.1, 0.15) is 23.2 Å². The zero-order valence-corrected chi connectivity index (χ0v) is 20.9. The standard InChI is InChI=1S/C26H24F2N2O4S.ClH/c27-20-7-5-19(6-8-20)23(31)17-29-13-11-18(12-14-29)16-30-22-15-21(28)9-10-24(22)34-25-3-1-2-4-26(25)35(30,32)33;/h1-10,15,18H,11-14,16-17H2;1H. The number of carbonyl (C=O) groups excluding carboxylic acids is 1. The minimum atomic E-state index is -3.98. The first kappa shape index (κ1) is 26.1. The minimum Gasteiger partial charge on any atom is -0.454 e. The molecule has 0 spiro atoms. The van der Waals surface area contributed by atoms with Crippen molar-refractivity contribution in [2.75, 3.05) is 30.5 Å². The fraction of sp³-hybridized carbons (Fsp3) is 0.269. The van der Waals surface area contributed by atoms with Crippen molar-refractivity contribution >= 4 is 33.9 Å². The Hall–Kier alpha value is -3.01. The van der Waals surface area contributed by atoms with Crippen LogP contribution in [0, 0.1) is 17.6 Å². The first-order chi connectivity index (χ1) is 16.8. The zero-order chi connectivity index (χ0) is 24.6. The molecule has 5 rings (SSSR count). The Morgan fingerprint density at radius 3 is 2.31 bits per heavy atom. The average molecular weight is 535 g/mol. The van der Waals surface area contributed by atoms with Crippen LogP contribution in [0.25, 0.3) is 0 Å². The Labute approximate surface area is 214 Å². The van der Waals surface area contributed by atoms with E-state index in [1.54, 1.807) is 18.2 Å². The third-order valence-corrected chi connectivity index (χ3v) is 8.31. The van der Waals surface area contributed by atoms with Crippen LogP contribution in [0.3, 0.4) is 0 Å². The number of para-hydroxylation sites is 1. The highest BCUT2D eigenvalue weighted by Gasteiger charge is 2.36. The van der Waals surface area contributed by atoms with E-state index in [9.17, 15) is 22.0 Å². The molecule has 0 amide bonds. The number of nitrogens with zero attached hydrogens (tertiary/aromatic N) is 2. The molecule has 0 aliphatic carbocycles. The van der Waals surface area contributed by atoms with Gasteiger partial charge in [0.1, 0.15) is 22.3 Å². The molecule has 36 heavy (non-hydrogen) atoms. The number of piperidine rings is 1. The fourth-order valence-corrected chi connectivity index (χ4v) is 6.23. The fourth-order valence-electron chi connectivity index (χ4n) is 4.57. The van der Waals surface area contributed by atoms with Crippen molar-refractivity contribution in [1.82, 2.24) is 4.90 Å². The number of halogens is 3. The molecule has 190 valence electrons. The van der Waals surface area contributed by atoms with E-state index in [4.69, 9.17) is 4.74 Å². The molecule has 1 saturated heterocycles. The lowest BCUT2D eigenvalue weighted by Gasteiger charge is -2.34. The summed E-state index contributed by atoms with van der Waals surface area (Å²) in [5.74, 6) is -0.521. The number of Topliss-reactive ketones (excluding diaryl/α,β-unsaturated/α-hetero) is 1. The number of rotatable bonds is 5. The molecule has 0 atom stereocenters. The molecule has 2 aliphatic heterocycles. The molecular formula is C26H25ClF2N2O4S. The van der Waals surface area contributed by atoms with Crippen LogP contribution >= 0.6 is 12.4 Å². The molecule has 6 nitrogen and oxygen atoms in total. The molecule has 0 saturated carbocycles. The van der Waals surface area contributed by atoms with Crippen LogP contribution in [0.4, 0.5) is 14.5 Å². The van der Waals surface area contributed by atoms with Crippen molar-refractivity contribution in [2.45, 2.75) is 17.7 Å². The number of hydrogen-bond acceptors (Lipinski definition) is 5. The van der Waals surface area contributed by atoms with Gasteiger partial charge in [0.05, 0.1) is 12.2 Å². The van der Waals surface area contributed by atoms with Crippen LogP contribution in [-0.4, -0.2) is 45.3 Å². The molecule has 3 aromatic rings. The summed E-state index contributed by atoms with van der Waals surface area (Å²) in [6, 6.07) is 15.8. The number of fused-ring (bicyclic) bond motifs is 2. The van der Waals surface area contributed by atoms with Crippen molar-refractivity contribution in [3.05, 3.63) is 83.9 Å². The predicted molar refractivity (Wildman–Crippen MR) is 135 cm³/mol. The zero-order valence-electron chi connectivity index (χ0n) is 19.3. The molecule has 3 aromatic carbocycles. The van der Waals surface area contributed by atoms with E-state index >= 15 is 0 Å². The lowest BCUT2D eigenvalue weighted by Crippen LogP contribution is -2.42. The van der Waals surface area contributed by atoms with Crippen molar-refractivity contribution in [3.8, 4) is 11.5 Å². The smallest absolute Gasteiger partial charge is 0.268 e. The van der Waals surface area contributed by atoms with Crippen LogP contribution in [0.2, 0.25) is 0 Å². The van der Waals surface area contributed by atoms with Gasteiger partial charge in [-0.1, -0.05) is 12.1 Å². The van der Waals surface area contributed by atoms with Crippen molar-refractivity contribution in [3.63, 3.8) is 0 Å². The molecular weight excluding hydrogens is 510 g/mol. The van der Waals surface area contributed by atoms with Gasteiger partial charge in [0.15, 0.2) is 11.5 Å². The summed E-state index contributed by atoms with van der Waals surface area (Å²) in [6.07, 6.45) is 1.35. The first-order valence-electron chi connectivity index (χ1n) is 11.4. The normalized spacial score (nSPS) is 17.2. The van der Waals surface area contributed by atoms with Crippen molar-refractivity contribution in [2.24, 2.45) is 5.92 Å². The predicted octanol–water partition coefficient (Wildman–Crippen LogP) is 5.28. The van der Waals surface area contributed by atoms with Gasteiger partial charge >= 0.3 is 0 Å². The van der Waals surface area contributed by atoms with Crippen molar-refractivity contribution < 1.29 is 26.7 Å². The lowest BCUT2D eigenvalue weighted by molar-refractivity contribution is 0.0898. The maximum atomic E-state index is 14.2. The van der Waals surface area contributed by atoms with E-state index in [1.807, 2.05) is 4.90 Å². The monoisotopic (exact) mass is 534 g/mol. The largest absolute Gasteiger partial charge is 0.454 e. The van der Waals surface area contributed by atoms with Gasteiger partial charge in [-0.2, -0.15) is 0 Å². The van der Waals surface area contributed by atoms with Crippen LogP contribution < -0.4 is 9.04 Å². The second-order valence-corrected chi connectivity index (χ2v) is 10.7. The lowest BCUT2D eigenvalue weighted by atomic mass is 9.96. The molecule has 0 N–H and O–H groups in total. The van der Waals surface area contributed by atoms with E-state index in [1.165, 1.54) is 52.8 Å². The van der Waals surface area contributed by atoms with Gasteiger partial charge in [-0.25, -0.2) is 17.2 Å². The summed E-state index contributed by atoms with van der Waals surface area (Å²) >= 11 is 0. The van der Waals surface area contributed by atoms with Crippen molar-refractivity contribution in [1.29, 1.82) is 0 Å². The Morgan fingerprint density at radius 2 is 1.58 bits per heavy atom. The third-order valence-electron chi connectivity index (χ3n) is 6.49. The Morgan fingerprint density at radius 1 is 0.917 bits per heavy atom. The van der Waals surface area contributed by atoms with Crippen LogP contribution in [-0.2, 0) is 10.0 Å². The molecule has 2 aliphatic rings. The van der Waals surface area contributed by atoms with Crippen LogP contribution in [0.15, 0.2) is 71.6 Å². The third kappa shape index (κ3) is 5.23. The van der Waals surface area contributed by atoms with Gasteiger partial charge in [-0.3, -0.25) is 14.0 Å². The maximum absolute atomic E-state index is 14.2. The SMILES string of the molecule is Cl.O=C(CN1CCC(CN2c3cc(F)ccc3Oc3ccccc3S2(=O)=O)CC1)c1ccc(F)cc1. The quantitative estimate of drug-likeness (QED) is 0.417. The van der Waals surface area contributed by atoms with Gasteiger partial charge in [0, 0.05) is 18.2 Å². The number of sulfonamides is 1.